The largest absolute Gasteiger partial charge is 0.297 e. The first-order chi connectivity index (χ1) is 8.49. The van der Waals surface area contributed by atoms with E-state index in [2.05, 4.69) is 0 Å². The van der Waals surface area contributed by atoms with Gasteiger partial charge in [0.2, 0.25) is 0 Å². The minimum atomic E-state index is -3.81. The summed E-state index contributed by atoms with van der Waals surface area (Å²) in [5.41, 5.74) is -0.144. The molecular formula is C11H13NO5S. The van der Waals surface area contributed by atoms with Crippen molar-refractivity contribution in [2.75, 3.05) is 0 Å². The minimum Gasteiger partial charge on any atom is -0.263 e. The molecule has 0 atom stereocenters. The molecule has 2 rings (SSSR count). The number of non-ortho nitro benzene ring substituents is 1. The van der Waals surface area contributed by atoms with Gasteiger partial charge in [0.25, 0.3) is 15.8 Å². The third-order valence-electron chi connectivity index (χ3n) is 2.90. The lowest BCUT2D eigenvalue weighted by Gasteiger charge is -2.10. The molecule has 0 radical (unpaired) electrons. The molecule has 7 heteroatoms. The Balaban J connectivity index is 2.16. The molecule has 0 aliphatic heterocycles. The van der Waals surface area contributed by atoms with Crippen LogP contribution in [0.25, 0.3) is 0 Å². The molecule has 0 aromatic heterocycles. The SMILES string of the molecule is O=[N+]([O-])c1ccc(S(=O)(=O)OC2CCCC2)cc1. The molecular weight excluding hydrogens is 258 g/mol. The molecule has 1 fully saturated rings. The fraction of sp³-hybridized carbons (Fsp3) is 0.455. The number of hydrogen-bond donors (Lipinski definition) is 0. The van der Waals surface area contributed by atoms with Gasteiger partial charge in [0, 0.05) is 12.1 Å². The van der Waals surface area contributed by atoms with E-state index < -0.39 is 15.0 Å². The number of rotatable bonds is 4. The van der Waals surface area contributed by atoms with E-state index in [-0.39, 0.29) is 16.7 Å². The first-order valence-electron chi connectivity index (χ1n) is 5.67. The van der Waals surface area contributed by atoms with Crippen LogP contribution < -0.4 is 0 Å². The van der Waals surface area contributed by atoms with Gasteiger partial charge in [-0.25, -0.2) is 0 Å². The average molecular weight is 271 g/mol. The predicted molar refractivity (Wildman–Crippen MR) is 63.6 cm³/mol. The van der Waals surface area contributed by atoms with Crippen LogP contribution >= 0.6 is 0 Å². The first-order valence-corrected chi connectivity index (χ1v) is 7.07. The number of nitro groups is 1. The molecule has 1 aliphatic rings. The predicted octanol–water partition coefficient (Wildman–Crippen LogP) is 2.24. The normalized spacial score (nSPS) is 16.9. The van der Waals surface area contributed by atoms with Crippen molar-refractivity contribution in [3.63, 3.8) is 0 Å². The maximum absolute atomic E-state index is 11.9. The molecule has 0 unspecified atom stereocenters. The highest BCUT2D eigenvalue weighted by Gasteiger charge is 2.24. The summed E-state index contributed by atoms with van der Waals surface area (Å²) >= 11 is 0. The second-order valence-corrected chi connectivity index (χ2v) is 5.78. The van der Waals surface area contributed by atoms with Crippen molar-refractivity contribution in [2.24, 2.45) is 0 Å². The summed E-state index contributed by atoms with van der Waals surface area (Å²) < 4.78 is 28.8. The van der Waals surface area contributed by atoms with Gasteiger partial charge in [-0.15, -0.1) is 0 Å². The van der Waals surface area contributed by atoms with Gasteiger partial charge in [-0.3, -0.25) is 14.3 Å². The summed E-state index contributed by atoms with van der Waals surface area (Å²) in [7, 11) is -3.81. The topological polar surface area (TPSA) is 86.5 Å². The zero-order chi connectivity index (χ0) is 13.2. The zero-order valence-corrected chi connectivity index (χ0v) is 10.4. The Morgan fingerprint density at radius 1 is 1.17 bits per heavy atom. The van der Waals surface area contributed by atoms with Crippen molar-refractivity contribution < 1.29 is 17.5 Å². The van der Waals surface area contributed by atoms with Crippen LogP contribution in [0.1, 0.15) is 25.7 Å². The summed E-state index contributed by atoms with van der Waals surface area (Å²) in [5, 5.41) is 10.5. The lowest BCUT2D eigenvalue weighted by Crippen LogP contribution is -2.15. The van der Waals surface area contributed by atoms with Crippen LogP contribution in [-0.4, -0.2) is 19.4 Å². The van der Waals surface area contributed by atoms with Crippen molar-refractivity contribution >= 4 is 15.8 Å². The molecule has 0 saturated heterocycles. The van der Waals surface area contributed by atoms with Gasteiger partial charge >= 0.3 is 0 Å². The molecule has 0 heterocycles. The van der Waals surface area contributed by atoms with Crippen LogP contribution in [0, 0.1) is 10.1 Å². The maximum atomic E-state index is 11.9. The molecule has 6 nitrogen and oxygen atoms in total. The van der Waals surface area contributed by atoms with Crippen LogP contribution in [-0.2, 0) is 14.3 Å². The monoisotopic (exact) mass is 271 g/mol. The van der Waals surface area contributed by atoms with E-state index in [1.165, 1.54) is 12.1 Å². The Hall–Kier alpha value is -1.47. The molecule has 1 aromatic carbocycles. The summed E-state index contributed by atoms with van der Waals surface area (Å²) in [6.07, 6.45) is 3.17. The quantitative estimate of drug-likeness (QED) is 0.476. The fourth-order valence-corrected chi connectivity index (χ4v) is 3.09. The van der Waals surface area contributed by atoms with Crippen molar-refractivity contribution in [2.45, 2.75) is 36.7 Å². The highest BCUT2D eigenvalue weighted by molar-refractivity contribution is 7.86. The molecule has 0 bridgehead atoms. The second-order valence-electron chi connectivity index (χ2n) is 4.21. The van der Waals surface area contributed by atoms with Crippen LogP contribution in [0.4, 0.5) is 5.69 Å². The molecule has 1 saturated carbocycles. The Labute approximate surface area is 105 Å². The van der Waals surface area contributed by atoms with E-state index in [0.717, 1.165) is 37.8 Å². The molecule has 0 amide bonds. The highest BCUT2D eigenvalue weighted by Crippen LogP contribution is 2.26. The van der Waals surface area contributed by atoms with Crippen molar-refractivity contribution in [1.82, 2.24) is 0 Å². The number of nitrogens with zero attached hydrogens (tertiary/aromatic N) is 1. The highest BCUT2D eigenvalue weighted by atomic mass is 32.2. The lowest BCUT2D eigenvalue weighted by molar-refractivity contribution is -0.384. The van der Waals surface area contributed by atoms with Gasteiger partial charge in [0.15, 0.2) is 0 Å². The van der Waals surface area contributed by atoms with Gasteiger partial charge in [-0.2, -0.15) is 8.42 Å². The average Bonchev–Trinajstić information content (AvgIpc) is 2.81. The number of nitro benzene ring substituents is 1. The molecule has 98 valence electrons. The summed E-state index contributed by atoms with van der Waals surface area (Å²) in [6.45, 7) is 0. The summed E-state index contributed by atoms with van der Waals surface area (Å²) in [5.74, 6) is 0. The number of benzene rings is 1. The van der Waals surface area contributed by atoms with Gasteiger partial charge in [0.1, 0.15) is 0 Å². The van der Waals surface area contributed by atoms with Gasteiger partial charge in [-0.05, 0) is 25.0 Å². The lowest BCUT2D eigenvalue weighted by atomic mass is 10.3. The smallest absolute Gasteiger partial charge is 0.263 e. The van der Waals surface area contributed by atoms with Crippen LogP contribution in [0.3, 0.4) is 0 Å². The van der Waals surface area contributed by atoms with E-state index in [1.807, 2.05) is 0 Å². The van der Waals surface area contributed by atoms with Crippen LogP contribution in [0.2, 0.25) is 0 Å². The van der Waals surface area contributed by atoms with Gasteiger partial charge in [-0.1, -0.05) is 12.8 Å². The maximum Gasteiger partial charge on any atom is 0.297 e. The Morgan fingerprint density at radius 2 is 1.72 bits per heavy atom. The Bertz CT molecular complexity index is 531. The van der Waals surface area contributed by atoms with Gasteiger partial charge < -0.3 is 0 Å². The van der Waals surface area contributed by atoms with Crippen LogP contribution in [0.5, 0.6) is 0 Å². The molecule has 18 heavy (non-hydrogen) atoms. The van der Waals surface area contributed by atoms with Crippen molar-refractivity contribution in [1.29, 1.82) is 0 Å². The van der Waals surface area contributed by atoms with E-state index in [1.54, 1.807) is 0 Å². The Kier molecular flexibility index (Phi) is 3.63. The summed E-state index contributed by atoms with van der Waals surface area (Å²) in [6, 6.07) is 4.71. The first kappa shape index (κ1) is 13.0. The van der Waals surface area contributed by atoms with Crippen LogP contribution in [0.15, 0.2) is 29.2 Å². The van der Waals surface area contributed by atoms with Gasteiger partial charge in [0.05, 0.1) is 15.9 Å². The molecule has 1 aliphatic carbocycles. The summed E-state index contributed by atoms with van der Waals surface area (Å²) in [4.78, 5) is 9.85. The standard InChI is InChI=1S/C11H13NO5S/c13-12(14)9-5-7-11(8-6-9)18(15,16)17-10-3-1-2-4-10/h5-8,10H,1-4H2. The minimum absolute atomic E-state index is 0.0417. The second kappa shape index (κ2) is 5.03. The van der Waals surface area contributed by atoms with Crippen molar-refractivity contribution in [3.8, 4) is 0 Å². The zero-order valence-electron chi connectivity index (χ0n) is 9.61. The number of hydrogen-bond acceptors (Lipinski definition) is 5. The van der Waals surface area contributed by atoms with E-state index >= 15 is 0 Å². The molecule has 0 spiro atoms. The third-order valence-corrected chi connectivity index (χ3v) is 4.28. The van der Waals surface area contributed by atoms with E-state index in [9.17, 15) is 18.5 Å². The van der Waals surface area contributed by atoms with E-state index in [0.29, 0.717) is 0 Å². The molecule has 0 N–H and O–H groups in total. The third kappa shape index (κ3) is 2.85. The van der Waals surface area contributed by atoms with E-state index in [4.69, 9.17) is 4.18 Å². The molecule has 1 aromatic rings. The van der Waals surface area contributed by atoms with Crippen molar-refractivity contribution in [3.05, 3.63) is 34.4 Å². The fourth-order valence-electron chi connectivity index (χ4n) is 1.95. The Morgan fingerprint density at radius 3 is 2.22 bits per heavy atom.